The first-order valence-electron chi connectivity index (χ1n) is 6.96. The molecule has 2 aromatic carbocycles. The molecule has 0 spiro atoms. The zero-order chi connectivity index (χ0) is 17.0. The summed E-state index contributed by atoms with van der Waals surface area (Å²) in [7, 11) is -3.70. The Morgan fingerprint density at radius 1 is 1.09 bits per heavy atom. The van der Waals surface area contributed by atoms with Gasteiger partial charge in [0.15, 0.2) is 0 Å². The minimum Gasteiger partial charge on any atom is -0.271 e. The average Bonchev–Trinajstić information content (AvgIpc) is 2.47. The Balaban J connectivity index is 2.38. The fourth-order valence-corrected chi connectivity index (χ4v) is 3.33. The Hall–Kier alpha value is -1.37. The van der Waals surface area contributed by atoms with Crippen LogP contribution in [-0.4, -0.2) is 20.3 Å². The Kier molecular flexibility index (Phi) is 5.84. The van der Waals surface area contributed by atoms with E-state index in [1.165, 1.54) is 12.1 Å². The molecule has 122 valence electrons. The predicted molar refractivity (Wildman–Crippen MR) is 96.1 cm³/mol. The van der Waals surface area contributed by atoms with E-state index in [0.29, 0.717) is 10.9 Å². The van der Waals surface area contributed by atoms with Gasteiger partial charge in [-0.3, -0.25) is 4.99 Å². The number of amidine groups is 1. The van der Waals surface area contributed by atoms with E-state index in [9.17, 15) is 8.42 Å². The van der Waals surface area contributed by atoms with Crippen molar-refractivity contribution in [2.75, 3.05) is 0 Å². The highest BCUT2D eigenvalue weighted by Gasteiger charge is 2.24. The van der Waals surface area contributed by atoms with E-state index in [-0.39, 0.29) is 10.9 Å². The largest absolute Gasteiger partial charge is 0.328 e. The molecule has 2 rings (SSSR count). The minimum atomic E-state index is -3.70. The van der Waals surface area contributed by atoms with Crippen LogP contribution >= 0.6 is 27.5 Å². The van der Waals surface area contributed by atoms with Crippen molar-refractivity contribution in [3.63, 3.8) is 0 Å². The second-order valence-corrected chi connectivity index (χ2v) is 8.27. The third kappa shape index (κ3) is 5.06. The van der Waals surface area contributed by atoms with Crippen molar-refractivity contribution in [1.82, 2.24) is 4.72 Å². The second-order valence-electron chi connectivity index (χ2n) is 5.24. The van der Waals surface area contributed by atoms with Gasteiger partial charge in [0.25, 0.3) is 5.84 Å². The summed E-state index contributed by atoms with van der Waals surface area (Å²) in [5, 5.41) is 0.487. The molecule has 0 unspecified atom stereocenters. The maximum absolute atomic E-state index is 12.6. The lowest BCUT2D eigenvalue weighted by molar-refractivity contribution is -0.494. The number of nitrogens with one attached hydrogen (secondary N) is 2. The summed E-state index contributed by atoms with van der Waals surface area (Å²) in [6, 6.07) is 13.5. The van der Waals surface area contributed by atoms with Crippen molar-refractivity contribution in [3.8, 4) is 0 Å². The molecule has 0 heterocycles. The number of hydrogen-bond acceptors (Lipinski definition) is 2. The number of benzene rings is 2. The molecule has 4 nitrogen and oxygen atoms in total. The minimum absolute atomic E-state index is 0.0709. The first-order valence-corrected chi connectivity index (χ1v) is 9.61. The molecule has 0 aromatic heterocycles. The molecule has 2 N–H and O–H groups in total. The third-order valence-electron chi connectivity index (χ3n) is 2.93. The van der Waals surface area contributed by atoms with Gasteiger partial charge < -0.3 is 0 Å². The number of rotatable bonds is 4. The second kappa shape index (κ2) is 7.47. The van der Waals surface area contributed by atoms with Crippen molar-refractivity contribution in [3.05, 3.63) is 63.6 Å². The molecular formula is C16H17BrClN2O2S+. The van der Waals surface area contributed by atoms with Gasteiger partial charge in [-0.2, -0.15) is 13.1 Å². The number of hydrogen-bond donors (Lipinski definition) is 2. The van der Waals surface area contributed by atoms with E-state index in [1.54, 1.807) is 12.1 Å². The molecule has 0 amide bonds. The van der Waals surface area contributed by atoms with Crippen LogP contribution in [0.1, 0.15) is 19.4 Å². The molecule has 2 aromatic rings. The fraction of sp³-hybridized carbons (Fsp3) is 0.188. The third-order valence-corrected chi connectivity index (χ3v) is 5.07. The van der Waals surface area contributed by atoms with Crippen LogP contribution in [0.25, 0.3) is 0 Å². The van der Waals surface area contributed by atoms with Crippen LogP contribution in [0.3, 0.4) is 0 Å². The van der Waals surface area contributed by atoms with Crippen LogP contribution in [0.4, 0.5) is 0 Å². The van der Waals surface area contributed by atoms with Gasteiger partial charge in [0.1, 0.15) is 4.90 Å². The molecule has 23 heavy (non-hydrogen) atoms. The van der Waals surface area contributed by atoms with E-state index in [4.69, 9.17) is 11.6 Å². The Morgan fingerprint density at radius 2 is 1.65 bits per heavy atom. The van der Waals surface area contributed by atoms with Crippen molar-refractivity contribution < 1.29 is 13.4 Å². The zero-order valence-corrected chi connectivity index (χ0v) is 15.8. The summed E-state index contributed by atoms with van der Waals surface area (Å²) in [5.41, 5.74) is 0.749. The SMILES string of the molecule is CC(C)[NH+]=C(NS(=O)(=O)c1ccc(Cl)cc1)c1ccc(Br)cc1. The molecule has 0 bridgehead atoms. The number of sulfonamides is 1. The van der Waals surface area contributed by atoms with Crippen molar-refractivity contribution in [1.29, 1.82) is 0 Å². The highest BCUT2D eigenvalue weighted by atomic mass is 79.9. The van der Waals surface area contributed by atoms with E-state index in [0.717, 1.165) is 10.0 Å². The molecule has 0 saturated heterocycles. The average molecular weight is 417 g/mol. The molecule has 0 fully saturated rings. The summed E-state index contributed by atoms with van der Waals surface area (Å²) >= 11 is 9.18. The highest BCUT2D eigenvalue weighted by molar-refractivity contribution is 9.10. The topological polar surface area (TPSA) is 60.1 Å². The van der Waals surface area contributed by atoms with Crippen LogP contribution < -0.4 is 9.71 Å². The predicted octanol–water partition coefficient (Wildman–Crippen LogP) is 2.32. The summed E-state index contributed by atoms with van der Waals surface area (Å²) < 4.78 is 28.6. The molecule has 0 aliphatic carbocycles. The van der Waals surface area contributed by atoms with Crippen molar-refractivity contribution in [2.45, 2.75) is 24.8 Å². The molecule has 0 saturated carbocycles. The van der Waals surface area contributed by atoms with Crippen LogP contribution in [0.15, 0.2) is 57.9 Å². The molecule has 0 aliphatic heterocycles. The van der Waals surface area contributed by atoms with E-state index in [2.05, 4.69) is 25.6 Å². The van der Waals surface area contributed by atoms with Gasteiger partial charge in [0.05, 0.1) is 11.6 Å². The van der Waals surface area contributed by atoms with Crippen LogP contribution in [-0.2, 0) is 10.0 Å². The lowest BCUT2D eigenvalue weighted by Gasteiger charge is -2.07. The molecule has 0 atom stereocenters. The summed E-state index contributed by atoms with van der Waals surface area (Å²) in [6.07, 6.45) is 0. The Morgan fingerprint density at radius 3 is 2.17 bits per heavy atom. The fourth-order valence-electron chi connectivity index (χ4n) is 1.88. The normalized spacial score (nSPS) is 12.5. The van der Waals surface area contributed by atoms with Gasteiger partial charge >= 0.3 is 10.0 Å². The smallest absolute Gasteiger partial charge is 0.271 e. The van der Waals surface area contributed by atoms with E-state index in [1.807, 2.05) is 38.1 Å². The van der Waals surface area contributed by atoms with E-state index >= 15 is 0 Å². The molecule has 0 aliphatic rings. The first kappa shape index (κ1) is 18.0. The molecular weight excluding hydrogens is 400 g/mol. The number of halogens is 2. The standard InChI is InChI=1S/C16H16BrClN2O2S/c1-11(2)19-16(12-3-5-13(17)6-4-12)20-23(21,22)15-9-7-14(18)8-10-15/h3-11H,1-2H3,(H,19,20)/p+1. The lowest BCUT2D eigenvalue weighted by Crippen LogP contribution is -2.80. The van der Waals surface area contributed by atoms with Crippen LogP contribution in [0.2, 0.25) is 5.02 Å². The molecule has 7 heteroatoms. The monoisotopic (exact) mass is 415 g/mol. The quantitative estimate of drug-likeness (QED) is 0.593. The van der Waals surface area contributed by atoms with Gasteiger partial charge in [0, 0.05) is 9.50 Å². The van der Waals surface area contributed by atoms with Gasteiger partial charge in [-0.1, -0.05) is 27.5 Å². The van der Waals surface area contributed by atoms with Crippen molar-refractivity contribution in [2.24, 2.45) is 0 Å². The van der Waals surface area contributed by atoms with Crippen molar-refractivity contribution >= 4 is 43.4 Å². The highest BCUT2D eigenvalue weighted by Crippen LogP contribution is 2.15. The summed E-state index contributed by atoms with van der Waals surface area (Å²) in [6.45, 7) is 3.88. The van der Waals surface area contributed by atoms with Crippen LogP contribution in [0, 0.1) is 0 Å². The molecule has 0 radical (unpaired) electrons. The maximum Gasteiger partial charge on any atom is 0.328 e. The Bertz CT molecular complexity index is 801. The zero-order valence-electron chi connectivity index (χ0n) is 12.7. The van der Waals surface area contributed by atoms with E-state index < -0.39 is 10.0 Å². The Labute approximate surface area is 149 Å². The van der Waals surface area contributed by atoms with Crippen LogP contribution in [0.5, 0.6) is 0 Å². The summed E-state index contributed by atoms with van der Waals surface area (Å²) in [5.74, 6) is 0.433. The maximum atomic E-state index is 12.6. The summed E-state index contributed by atoms with van der Waals surface area (Å²) in [4.78, 5) is 3.29. The first-order chi connectivity index (χ1) is 10.8. The van der Waals surface area contributed by atoms with Gasteiger partial charge in [-0.15, -0.1) is 0 Å². The van der Waals surface area contributed by atoms with Gasteiger partial charge in [0.2, 0.25) is 0 Å². The van der Waals surface area contributed by atoms with Gasteiger partial charge in [-0.05, 0) is 62.4 Å². The lowest BCUT2D eigenvalue weighted by atomic mass is 10.2. The van der Waals surface area contributed by atoms with Gasteiger partial charge in [-0.25, -0.2) is 0 Å².